The molecule has 108 valence electrons. The van der Waals surface area contributed by atoms with Gasteiger partial charge in [0, 0.05) is 22.0 Å². The molecule has 0 N–H and O–H groups in total. The number of sulfone groups is 1. The lowest BCUT2D eigenvalue weighted by Crippen LogP contribution is -2.02. The van der Waals surface area contributed by atoms with Gasteiger partial charge in [0.1, 0.15) is 0 Å². The Balaban J connectivity index is 1.64. The number of thioether (sulfide) groups is 2. The van der Waals surface area contributed by atoms with Gasteiger partial charge in [-0.15, -0.1) is 0 Å². The summed E-state index contributed by atoms with van der Waals surface area (Å²) in [6.45, 7) is 0. The maximum Gasteiger partial charge on any atom is 0.206 e. The van der Waals surface area contributed by atoms with E-state index in [0.717, 1.165) is 11.5 Å². The second-order valence-corrected chi connectivity index (χ2v) is 9.71. The van der Waals surface area contributed by atoms with Crippen LogP contribution in [0.15, 0.2) is 58.3 Å². The first kappa shape index (κ1) is 13.7. The molecular formula is C16H14O2S3. The number of rotatable bonds is 4. The SMILES string of the molecule is O=S(=O)(c1ccc(C2CS2)cc1)c1ccc(C2CS2)cc1. The molecule has 2 atom stereocenters. The van der Waals surface area contributed by atoms with E-state index in [0.29, 0.717) is 20.3 Å². The highest BCUT2D eigenvalue weighted by molar-refractivity contribution is 8.06. The average molecular weight is 334 g/mol. The quantitative estimate of drug-likeness (QED) is 0.789. The summed E-state index contributed by atoms with van der Waals surface area (Å²) in [4.78, 5) is 0.760. The highest BCUT2D eigenvalue weighted by atomic mass is 32.2. The Bertz CT molecular complexity index is 695. The van der Waals surface area contributed by atoms with Gasteiger partial charge in [-0.3, -0.25) is 0 Å². The zero-order valence-electron chi connectivity index (χ0n) is 11.2. The molecule has 21 heavy (non-hydrogen) atoms. The summed E-state index contributed by atoms with van der Waals surface area (Å²) in [5.41, 5.74) is 2.44. The molecule has 0 aromatic heterocycles. The standard InChI is InChI=1S/C16H14O2S3/c17-21(18,13-5-1-11(2-6-13)15-9-19-15)14-7-3-12(4-8-14)16-10-20-16/h1-8,15-16H,9-10H2. The molecule has 0 radical (unpaired) electrons. The third-order valence-corrected chi connectivity index (χ3v) is 7.45. The minimum atomic E-state index is -3.40. The van der Waals surface area contributed by atoms with Crippen molar-refractivity contribution in [1.82, 2.24) is 0 Å². The van der Waals surface area contributed by atoms with E-state index in [-0.39, 0.29) is 0 Å². The lowest BCUT2D eigenvalue weighted by Gasteiger charge is -2.06. The van der Waals surface area contributed by atoms with Crippen molar-refractivity contribution in [2.45, 2.75) is 20.3 Å². The van der Waals surface area contributed by atoms with Crippen LogP contribution in [0, 0.1) is 0 Å². The second-order valence-electron chi connectivity index (χ2n) is 5.29. The topological polar surface area (TPSA) is 34.1 Å². The first-order valence-electron chi connectivity index (χ1n) is 6.83. The van der Waals surface area contributed by atoms with E-state index in [2.05, 4.69) is 0 Å². The van der Waals surface area contributed by atoms with Crippen molar-refractivity contribution in [1.29, 1.82) is 0 Å². The fraction of sp³-hybridized carbons (Fsp3) is 0.250. The normalized spacial score (nSPS) is 23.8. The number of benzene rings is 2. The summed E-state index contributed by atoms with van der Waals surface area (Å²) < 4.78 is 25.2. The van der Waals surface area contributed by atoms with Gasteiger partial charge in [0.15, 0.2) is 0 Å². The predicted octanol–water partition coefficient (Wildman–Crippen LogP) is 4.10. The van der Waals surface area contributed by atoms with Crippen molar-refractivity contribution in [3.05, 3.63) is 59.7 Å². The first-order chi connectivity index (χ1) is 10.1. The van der Waals surface area contributed by atoms with Crippen LogP contribution in [0.5, 0.6) is 0 Å². The van der Waals surface area contributed by atoms with Crippen LogP contribution in [0.4, 0.5) is 0 Å². The molecule has 4 rings (SSSR count). The summed E-state index contributed by atoms with van der Waals surface area (Å²) >= 11 is 3.78. The Morgan fingerprint density at radius 3 is 1.33 bits per heavy atom. The highest BCUT2D eigenvalue weighted by Gasteiger charge is 2.27. The van der Waals surface area contributed by atoms with E-state index >= 15 is 0 Å². The van der Waals surface area contributed by atoms with Crippen LogP contribution in [0.2, 0.25) is 0 Å². The molecular weight excluding hydrogens is 320 g/mol. The lowest BCUT2D eigenvalue weighted by molar-refractivity contribution is 0.596. The third kappa shape index (κ3) is 2.74. The van der Waals surface area contributed by atoms with Gasteiger partial charge < -0.3 is 0 Å². The van der Waals surface area contributed by atoms with E-state index in [1.54, 1.807) is 24.3 Å². The van der Waals surface area contributed by atoms with E-state index in [1.807, 2.05) is 47.8 Å². The molecule has 2 aliphatic heterocycles. The fourth-order valence-electron chi connectivity index (χ4n) is 2.34. The van der Waals surface area contributed by atoms with Gasteiger partial charge in [-0.1, -0.05) is 24.3 Å². The van der Waals surface area contributed by atoms with Gasteiger partial charge >= 0.3 is 0 Å². The van der Waals surface area contributed by atoms with Crippen LogP contribution in [-0.2, 0) is 9.84 Å². The molecule has 2 aromatic rings. The van der Waals surface area contributed by atoms with Crippen LogP contribution in [-0.4, -0.2) is 19.9 Å². The van der Waals surface area contributed by atoms with Crippen LogP contribution in [0.25, 0.3) is 0 Å². The summed E-state index contributed by atoms with van der Waals surface area (Å²) in [5, 5.41) is 1.13. The summed E-state index contributed by atoms with van der Waals surface area (Å²) in [6, 6.07) is 14.7. The minimum Gasteiger partial charge on any atom is -0.219 e. The number of hydrogen-bond donors (Lipinski definition) is 0. The zero-order valence-corrected chi connectivity index (χ0v) is 13.7. The average Bonchev–Trinajstić information content (AvgIpc) is 3.41. The summed E-state index contributed by atoms with van der Waals surface area (Å²) in [5.74, 6) is 2.29. The summed E-state index contributed by atoms with van der Waals surface area (Å²) in [7, 11) is -3.40. The van der Waals surface area contributed by atoms with Crippen LogP contribution < -0.4 is 0 Å². The van der Waals surface area contributed by atoms with Gasteiger partial charge in [-0.25, -0.2) is 8.42 Å². The van der Waals surface area contributed by atoms with E-state index in [1.165, 1.54) is 11.1 Å². The first-order valence-corrected chi connectivity index (χ1v) is 10.4. The van der Waals surface area contributed by atoms with Gasteiger partial charge in [-0.05, 0) is 35.4 Å². The molecule has 2 heterocycles. The smallest absolute Gasteiger partial charge is 0.206 e. The Morgan fingerprint density at radius 1 is 0.714 bits per heavy atom. The molecule has 0 aliphatic carbocycles. The Hall–Kier alpha value is -0.910. The maximum atomic E-state index is 12.6. The molecule has 2 saturated heterocycles. The van der Waals surface area contributed by atoms with E-state index in [9.17, 15) is 8.42 Å². The predicted molar refractivity (Wildman–Crippen MR) is 88.7 cm³/mol. The van der Waals surface area contributed by atoms with Crippen molar-refractivity contribution < 1.29 is 8.42 Å². The summed E-state index contributed by atoms with van der Waals surface area (Å²) in [6.07, 6.45) is 0. The monoisotopic (exact) mass is 334 g/mol. The van der Waals surface area contributed by atoms with Gasteiger partial charge in [-0.2, -0.15) is 23.5 Å². The molecule has 2 unspecified atom stereocenters. The van der Waals surface area contributed by atoms with Crippen molar-refractivity contribution in [3.63, 3.8) is 0 Å². The molecule has 0 amide bonds. The zero-order chi connectivity index (χ0) is 14.4. The molecule has 0 bridgehead atoms. The van der Waals surface area contributed by atoms with Crippen molar-refractivity contribution in [3.8, 4) is 0 Å². The second kappa shape index (κ2) is 5.07. The van der Waals surface area contributed by atoms with E-state index < -0.39 is 9.84 Å². The van der Waals surface area contributed by atoms with Gasteiger partial charge in [0.2, 0.25) is 9.84 Å². The Morgan fingerprint density at radius 2 is 1.05 bits per heavy atom. The van der Waals surface area contributed by atoms with E-state index in [4.69, 9.17) is 0 Å². The van der Waals surface area contributed by atoms with Crippen molar-refractivity contribution >= 4 is 33.4 Å². The minimum absolute atomic E-state index is 0.380. The lowest BCUT2D eigenvalue weighted by atomic mass is 10.2. The molecule has 2 fully saturated rings. The molecule has 2 aromatic carbocycles. The largest absolute Gasteiger partial charge is 0.219 e. The molecule has 0 saturated carbocycles. The highest BCUT2D eigenvalue weighted by Crippen LogP contribution is 2.47. The molecule has 2 aliphatic rings. The van der Waals surface area contributed by atoms with Crippen molar-refractivity contribution in [2.75, 3.05) is 11.5 Å². The molecule has 2 nitrogen and oxygen atoms in total. The Labute approximate surface area is 133 Å². The van der Waals surface area contributed by atoms with Crippen LogP contribution in [0.3, 0.4) is 0 Å². The maximum absolute atomic E-state index is 12.6. The Kier molecular flexibility index (Phi) is 3.32. The van der Waals surface area contributed by atoms with Crippen LogP contribution >= 0.6 is 23.5 Å². The molecule has 5 heteroatoms. The third-order valence-electron chi connectivity index (χ3n) is 3.79. The van der Waals surface area contributed by atoms with Crippen LogP contribution in [0.1, 0.15) is 21.6 Å². The number of hydrogen-bond acceptors (Lipinski definition) is 4. The van der Waals surface area contributed by atoms with Gasteiger partial charge in [0.25, 0.3) is 0 Å². The van der Waals surface area contributed by atoms with Crippen molar-refractivity contribution in [2.24, 2.45) is 0 Å². The molecule has 0 spiro atoms. The van der Waals surface area contributed by atoms with Gasteiger partial charge in [0.05, 0.1) is 9.79 Å². The fourth-order valence-corrected chi connectivity index (χ4v) is 4.88.